The molecular weight excluding hydrogens is 336 g/mol. The summed E-state index contributed by atoms with van der Waals surface area (Å²) in [5.74, 6) is 0.928. The van der Waals surface area contributed by atoms with E-state index in [0.29, 0.717) is 5.41 Å². The third-order valence-corrected chi connectivity index (χ3v) is 5.69. The number of ether oxygens (including phenoxy) is 1. The molecule has 0 aliphatic heterocycles. The fourth-order valence-corrected chi connectivity index (χ4v) is 4.10. The molecule has 0 saturated heterocycles. The second kappa shape index (κ2) is 9.79. The predicted molar refractivity (Wildman–Crippen MR) is 113 cm³/mol. The van der Waals surface area contributed by atoms with E-state index >= 15 is 0 Å². The molecule has 1 aliphatic carbocycles. The van der Waals surface area contributed by atoms with Crippen molar-refractivity contribution in [3.8, 4) is 0 Å². The summed E-state index contributed by atoms with van der Waals surface area (Å²) in [5, 5.41) is 8.16. The van der Waals surface area contributed by atoms with Crippen LogP contribution in [-0.4, -0.2) is 44.3 Å². The minimum atomic E-state index is 0.329. The number of aliphatic imine (C=N–C) groups is 1. The van der Waals surface area contributed by atoms with E-state index in [9.17, 15) is 0 Å². The largest absolute Gasteiger partial charge is 0.385 e. The van der Waals surface area contributed by atoms with Gasteiger partial charge >= 0.3 is 0 Å². The van der Waals surface area contributed by atoms with Gasteiger partial charge in [-0.2, -0.15) is 0 Å². The van der Waals surface area contributed by atoms with Crippen molar-refractivity contribution in [2.24, 2.45) is 10.4 Å². The molecule has 0 bridgehead atoms. The Labute approximate surface area is 163 Å². The Balaban J connectivity index is 1.55. The van der Waals surface area contributed by atoms with E-state index in [1.807, 2.05) is 0 Å². The number of nitrogens with zero attached hydrogens (tertiary/aromatic N) is 1. The molecule has 0 unspecified atom stereocenters. The maximum atomic E-state index is 5.34. The first kappa shape index (κ1) is 19.7. The van der Waals surface area contributed by atoms with Crippen LogP contribution >= 0.6 is 0 Å². The lowest BCUT2D eigenvalue weighted by Crippen LogP contribution is -2.39. The second-order valence-electron chi connectivity index (χ2n) is 7.70. The fourth-order valence-electron chi connectivity index (χ4n) is 4.10. The van der Waals surface area contributed by atoms with Crippen LogP contribution in [0.25, 0.3) is 10.9 Å². The number of aromatic amines is 1. The van der Waals surface area contributed by atoms with Gasteiger partial charge in [0.15, 0.2) is 5.96 Å². The second-order valence-corrected chi connectivity index (χ2v) is 7.70. The zero-order chi connectivity index (χ0) is 19.0. The van der Waals surface area contributed by atoms with E-state index < -0.39 is 0 Å². The highest BCUT2D eigenvalue weighted by Gasteiger charge is 2.33. The number of H-pyrrole nitrogens is 1. The molecule has 1 fully saturated rings. The summed E-state index contributed by atoms with van der Waals surface area (Å²) in [7, 11) is 1.79. The van der Waals surface area contributed by atoms with Gasteiger partial charge in [0.05, 0.1) is 0 Å². The monoisotopic (exact) mass is 370 g/mol. The van der Waals surface area contributed by atoms with Gasteiger partial charge < -0.3 is 20.4 Å². The molecule has 0 atom stereocenters. The van der Waals surface area contributed by atoms with Crippen molar-refractivity contribution in [3.05, 3.63) is 36.0 Å². The van der Waals surface area contributed by atoms with E-state index in [0.717, 1.165) is 45.0 Å². The number of methoxy groups -OCH3 is 1. The number of para-hydroxylation sites is 1. The molecule has 1 aromatic carbocycles. The van der Waals surface area contributed by atoms with Crippen molar-refractivity contribution in [2.45, 2.75) is 45.4 Å². The van der Waals surface area contributed by atoms with Crippen molar-refractivity contribution in [2.75, 3.05) is 33.4 Å². The van der Waals surface area contributed by atoms with E-state index in [4.69, 9.17) is 9.73 Å². The summed E-state index contributed by atoms with van der Waals surface area (Å²) < 4.78 is 5.34. The number of guanidine groups is 1. The first-order valence-electron chi connectivity index (χ1n) is 10.3. The van der Waals surface area contributed by atoms with E-state index in [2.05, 4.69) is 52.9 Å². The molecule has 148 valence electrons. The highest BCUT2D eigenvalue weighted by Crippen LogP contribution is 2.41. The first-order chi connectivity index (χ1) is 13.2. The normalized spacial score (nSPS) is 16.7. The van der Waals surface area contributed by atoms with Crippen LogP contribution in [0.3, 0.4) is 0 Å². The Kier molecular flexibility index (Phi) is 7.16. The van der Waals surface area contributed by atoms with Crippen molar-refractivity contribution >= 4 is 16.9 Å². The average Bonchev–Trinajstić information content (AvgIpc) is 3.31. The smallest absolute Gasteiger partial charge is 0.191 e. The molecule has 1 saturated carbocycles. The van der Waals surface area contributed by atoms with Crippen LogP contribution < -0.4 is 10.6 Å². The molecule has 27 heavy (non-hydrogen) atoms. The van der Waals surface area contributed by atoms with Crippen LogP contribution in [0.1, 0.15) is 44.7 Å². The fraction of sp³-hybridized carbons (Fsp3) is 0.591. The quantitative estimate of drug-likeness (QED) is 0.464. The zero-order valence-corrected chi connectivity index (χ0v) is 16.8. The Morgan fingerprint density at radius 3 is 2.78 bits per heavy atom. The van der Waals surface area contributed by atoms with Crippen LogP contribution in [-0.2, 0) is 11.2 Å². The summed E-state index contributed by atoms with van der Waals surface area (Å²) in [6.45, 7) is 5.58. The molecule has 1 heterocycles. The van der Waals surface area contributed by atoms with E-state index in [-0.39, 0.29) is 0 Å². The maximum absolute atomic E-state index is 5.34. The summed E-state index contributed by atoms with van der Waals surface area (Å²) in [6.07, 6.45) is 7.26. The molecule has 3 rings (SSSR count). The molecule has 0 amide bonds. The molecule has 5 nitrogen and oxygen atoms in total. The highest BCUT2D eigenvalue weighted by atomic mass is 16.5. The Morgan fingerprint density at radius 1 is 1.22 bits per heavy atom. The molecule has 0 radical (unpaired) electrons. The standard InChI is InChI=1S/C22H34N4O/c1-3-23-21(25-17-22(13-15-27-2)11-6-7-12-22)24-14-10-19-16-18-8-4-5-9-20(18)26-19/h4-5,8-9,16,26H,3,6-7,10-15,17H2,1-2H3,(H2,23,24,25). The molecule has 1 aromatic heterocycles. The lowest BCUT2D eigenvalue weighted by molar-refractivity contribution is 0.141. The average molecular weight is 371 g/mol. The number of nitrogens with one attached hydrogen (secondary N) is 3. The lowest BCUT2D eigenvalue weighted by atomic mass is 9.83. The third kappa shape index (κ3) is 5.48. The van der Waals surface area contributed by atoms with Crippen molar-refractivity contribution in [3.63, 3.8) is 0 Å². The summed E-state index contributed by atoms with van der Waals surface area (Å²) in [6, 6.07) is 10.7. The number of hydrogen-bond acceptors (Lipinski definition) is 2. The van der Waals surface area contributed by atoms with Crippen LogP contribution in [0.15, 0.2) is 35.3 Å². The van der Waals surface area contributed by atoms with Crippen molar-refractivity contribution in [1.29, 1.82) is 0 Å². The Morgan fingerprint density at radius 2 is 2.04 bits per heavy atom. The third-order valence-electron chi connectivity index (χ3n) is 5.69. The summed E-state index contributed by atoms with van der Waals surface area (Å²) in [4.78, 5) is 8.42. The van der Waals surface area contributed by atoms with Crippen LogP contribution in [0.2, 0.25) is 0 Å². The van der Waals surface area contributed by atoms with Gasteiger partial charge in [-0.25, -0.2) is 0 Å². The first-order valence-corrected chi connectivity index (χ1v) is 10.3. The van der Waals surface area contributed by atoms with E-state index in [1.54, 1.807) is 7.11 Å². The van der Waals surface area contributed by atoms with Gasteiger partial charge in [0.2, 0.25) is 0 Å². The Hall–Kier alpha value is -2.01. The van der Waals surface area contributed by atoms with Crippen LogP contribution in [0.5, 0.6) is 0 Å². The Bertz CT molecular complexity index is 698. The van der Waals surface area contributed by atoms with Crippen LogP contribution in [0, 0.1) is 5.41 Å². The van der Waals surface area contributed by atoms with Crippen LogP contribution in [0.4, 0.5) is 0 Å². The molecule has 1 aliphatic rings. The number of benzene rings is 1. The van der Waals surface area contributed by atoms with Gasteiger partial charge in [0.25, 0.3) is 0 Å². The summed E-state index contributed by atoms with van der Waals surface area (Å²) in [5.41, 5.74) is 2.79. The number of aromatic nitrogens is 1. The number of rotatable bonds is 9. The van der Waals surface area contributed by atoms with Gasteiger partial charge in [-0.05, 0) is 49.1 Å². The molecule has 2 aromatic rings. The van der Waals surface area contributed by atoms with Gasteiger partial charge in [0.1, 0.15) is 0 Å². The molecule has 0 spiro atoms. The molecule has 3 N–H and O–H groups in total. The van der Waals surface area contributed by atoms with Gasteiger partial charge in [-0.1, -0.05) is 31.0 Å². The van der Waals surface area contributed by atoms with E-state index in [1.165, 1.54) is 42.3 Å². The number of hydrogen-bond donors (Lipinski definition) is 3. The topological polar surface area (TPSA) is 61.4 Å². The molecule has 5 heteroatoms. The molecular formula is C22H34N4O. The SMILES string of the molecule is CCNC(=NCC1(CCOC)CCCC1)NCCc1cc2ccccc2[nH]1. The lowest BCUT2D eigenvalue weighted by Gasteiger charge is -2.27. The minimum absolute atomic E-state index is 0.329. The maximum Gasteiger partial charge on any atom is 0.191 e. The van der Waals surface area contributed by atoms with Gasteiger partial charge in [-0.15, -0.1) is 0 Å². The number of fused-ring (bicyclic) bond motifs is 1. The van der Waals surface area contributed by atoms with Gasteiger partial charge in [0, 0.05) is 51.0 Å². The predicted octanol–water partition coefficient (Wildman–Crippen LogP) is 3.86. The van der Waals surface area contributed by atoms with Gasteiger partial charge in [-0.3, -0.25) is 4.99 Å². The van der Waals surface area contributed by atoms with Crippen molar-refractivity contribution in [1.82, 2.24) is 15.6 Å². The summed E-state index contributed by atoms with van der Waals surface area (Å²) >= 11 is 0. The highest BCUT2D eigenvalue weighted by molar-refractivity contribution is 5.81. The zero-order valence-electron chi connectivity index (χ0n) is 16.8. The minimum Gasteiger partial charge on any atom is -0.385 e. The van der Waals surface area contributed by atoms with Crippen molar-refractivity contribution < 1.29 is 4.74 Å².